The van der Waals surface area contributed by atoms with Gasteiger partial charge in [0.2, 0.25) is 5.91 Å². The smallest absolute Gasteiger partial charge is 0.222 e. The molecule has 0 atom stereocenters. The van der Waals surface area contributed by atoms with Gasteiger partial charge in [0.05, 0.1) is 0 Å². The predicted molar refractivity (Wildman–Crippen MR) is 70.9 cm³/mol. The highest BCUT2D eigenvalue weighted by atomic mass is 32.1. The van der Waals surface area contributed by atoms with Crippen LogP contribution in [0.4, 0.5) is 0 Å². The quantitative estimate of drug-likeness (QED) is 0.896. The fraction of sp³-hybridized carbons (Fsp3) is 0.615. The van der Waals surface area contributed by atoms with E-state index < -0.39 is 0 Å². The number of nitrogens with zero attached hydrogens (tertiary/aromatic N) is 1. The number of carbonyl (C=O) groups excluding carboxylic acids is 1. The van der Waals surface area contributed by atoms with E-state index >= 15 is 0 Å². The van der Waals surface area contributed by atoms with Crippen LogP contribution < -0.4 is 5.73 Å². The maximum atomic E-state index is 12.1. The summed E-state index contributed by atoms with van der Waals surface area (Å²) < 4.78 is 0. The van der Waals surface area contributed by atoms with Gasteiger partial charge in [0.25, 0.3) is 0 Å². The number of rotatable bonds is 3. The van der Waals surface area contributed by atoms with Crippen molar-refractivity contribution in [1.29, 1.82) is 0 Å². The molecule has 0 aromatic carbocycles. The molecule has 4 heteroatoms. The van der Waals surface area contributed by atoms with Crippen molar-refractivity contribution in [2.45, 2.75) is 45.2 Å². The molecule has 2 rings (SSSR count). The predicted octanol–water partition coefficient (Wildman–Crippen LogP) is 2.15. The first-order valence-electron chi connectivity index (χ1n) is 6.07. The van der Waals surface area contributed by atoms with Crippen molar-refractivity contribution in [3.05, 3.63) is 21.9 Å². The van der Waals surface area contributed by atoms with Crippen LogP contribution in [0, 0.1) is 0 Å². The molecule has 0 radical (unpaired) electrons. The third-order valence-corrected chi connectivity index (χ3v) is 4.17. The van der Waals surface area contributed by atoms with Crippen molar-refractivity contribution in [2.24, 2.45) is 5.73 Å². The van der Waals surface area contributed by atoms with Gasteiger partial charge in [-0.15, -0.1) is 11.3 Å². The first-order valence-corrected chi connectivity index (χ1v) is 6.95. The fourth-order valence-corrected chi connectivity index (χ4v) is 2.94. The highest BCUT2D eigenvalue weighted by Crippen LogP contribution is 2.24. The normalized spacial score (nSPS) is 15.8. The van der Waals surface area contributed by atoms with Crippen LogP contribution in [-0.2, 0) is 17.8 Å². The van der Waals surface area contributed by atoms with E-state index in [2.05, 4.69) is 11.4 Å². The minimum Gasteiger partial charge on any atom is -0.338 e. The number of hydrogen-bond acceptors (Lipinski definition) is 3. The summed E-state index contributed by atoms with van der Waals surface area (Å²) in [6.45, 7) is 5.57. The molecule has 94 valence electrons. The monoisotopic (exact) mass is 252 g/mol. The molecule has 0 saturated carbocycles. The van der Waals surface area contributed by atoms with E-state index in [9.17, 15) is 4.79 Å². The Labute approximate surface area is 107 Å². The molecule has 0 fully saturated rings. The average molecular weight is 252 g/mol. The number of hydrogen-bond donors (Lipinski definition) is 1. The standard InChI is InChI=1S/C13H20N2OS/c1-13(2,14)6-3-12(16)15-7-4-11-10(9-15)5-8-17-11/h5,8H,3-4,6-7,9,14H2,1-2H3. The van der Waals surface area contributed by atoms with E-state index in [1.165, 1.54) is 10.4 Å². The number of fused-ring (bicyclic) bond motifs is 1. The lowest BCUT2D eigenvalue weighted by Gasteiger charge is -2.28. The topological polar surface area (TPSA) is 46.3 Å². The number of thiophene rings is 1. The molecule has 17 heavy (non-hydrogen) atoms. The second-order valence-corrected chi connectivity index (χ2v) is 6.42. The third kappa shape index (κ3) is 3.30. The molecular formula is C13H20N2OS. The van der Waals surface area contributed by atoms with Crippen LogP contribution in [0.3, 0.4) is 0 Å². The average Bonchev–Trinajstić information content (AvgIpc) is 2.71. The van der Waals surface area contributed by atoms with Gasteiger partial charge in [0, 0.05) is 29.9 Å². The summed E-state index contributed by atoms with van der Waals surface area (Å²) in [5.74, 6) is 0.236. The van der Waals surface area contributed by atoms with Gasteiger partial charge >= 0.3 is 0 Å². The van der Waals surface area contributed by atoms with Crippen LogP contribution >= 0.6 is 11.3 Å². The summed E-state index contributed by atoms with van der Waals surface area (Å²) in [4.78, 5) is 15.4. The maximum absolute atomic E-state index is 12.1. The van der Waals surface area contributed by atoms with Crippen molar-refractivity contribution in [2.75, 3.05) is 6.54 Å². The molecule has 0 aliphatic carbocycles. The number of nitrogens with two attached hydrogens (primary N) is 1. The molecule has 1 aromatic heterocycles. The molecule has 0 unspecified atom stereocenters. The van der Waals surface area contributed by atoms with Crippen LogP contribution in [0.25, 0.3) is 0 Å². The number of amides is 1. The van der Waals surface area contributed by atoms with Crippen molar-refractivity contribution >= 4 is 17.2 Å². The molecule has 0 bridgehead atoms. The lowest BCUT2D eigenvalue weighted by atomic mass is 9.99. The molecule has 3 nitrogen and oxygen atoms in total. The second kappa shape index (κ2) is 4.78. The molecule has 2 heterocycles. The van der Waals surface area contributed by atoms with Gasteiger partial charge in [-0.25, -0.2) is 0 Å². The van der Waals surface area contributed by atoms with Crippen LogP contribution in [0.1, 0.15) is 37.1 Å². The molecule has 1 amide bonds. The zero-order valence-corrected chi connectivity index (χ0v) is 11.3. The maximum Gasteiger partial charge on any atom is 0.222 e. The zero-order chi connectivity index (χ0) is 12.5. The van der Waals surface area contributed by atoms with E-state index in [-0.39, 0.29) is 11.4 Å². The minimum absolute atomic E-state index is 0.236. The van der Waals surface area contributed by atoms with Gasteiger partial charge < -0.3 is 10.6 Å². The van der Waals surface area contributed by atoms with E-state index in [1.54, 1.807) is 11.3 Å². The summed E-state index contributed by atoms with van der Waals surface area (Å²) in [6, 6.07) is 2.13. The molecule has 0 saturated heterocycles. The second-order valence-electron chi connectivity index (χ2n) is 5.42. The first-order chi connectivity index (χ1) is 7.96. The molecule has 1 aliphatic rings. The lowest BCUT2D eigenvalue weighted by Crippen LogP contribution is -2.38. The highest BCUT2D eigenvalue weighted by molar-refractivity contribution is 7.10. The third-order valence-electron chi connectivity index (χ3n) is 3.14. The fourth-order valence-electron chi connectivity index (χ4n) is 2.05. The largest absolute Gasteiger partial charge is 0.338 e. The lowest BCUT2D eigenvalue weighted by molar-refractivity contribution is -0.132. The summed E-state index contributed by atoms with van der Waals surface area (Å²) in [5, 5.41) is 2.11. The highest BCUT2D eigenvalue weighted by Gasteiger charge is 2.22. The van der Waals surface area contributed by atoms with Crippen molar-refractivity contribution in [3.63, 3.8) is 0 Å². The van der Waals surface area contributed by atoms with Crippen molar-refractivity contribution in [3.8, 4) is 0 Å². The molecule has 1 aliphatic heterocycles. The van der Waals surface area contributed by atoms with Gasteiger partial charge in [-0.2, -0.15) is 0 Å². The van der Waals surface area contributed by atoms with Crippen LogP contribution in [0.2, 0.25) is 0 Å². The Hall–Kier alpha value is -0.870. The van der Waals surface area contributed by atoms with Gasteiger partial charge in [-0.3, -0.25) is 4.79 Å². The van der Waals surface area contributed by atoms with Gasteiger partial charge in [0.15, 0.2) is 0 Å². The Morgan fingerprint density at radius 1 is 1.59 bits per heavy atom. The molecular weight excluding hydrogens is 232 g/mol. The van der Waals surface area contributed by atoms with Crippen LogP contribution in [-0.4, -0.2) is 22.9 Å². The Kier molecular flexibility index (Phi) is 3.54. The molecule has 2 N–H and O–H groups in total. The molecule has 0 spiro atoms. The Bertz CT molecular complexity index is 406. The van der Waals surface area contributed by atoms with E-state index in [1.807, 2.05) is 18.7 Å². The Balaban J connectivity index is 1.90. The molecule has 1 aromatic rings. The van der Waals surface area contributed by atoms with Gasteiger partial charge in [-0.05, 0) is 43.7 Å². The number of carbonyl (C=O) groups is 1. The summed E-state index contributed by atoms with van der Waals surface area (Å²) >= 11 is 1.80. The Morgan fingerprint density at radius 2 is 2.35 bits per heavy atom. The van der Waals surface area contributed by atoms with Gasteiger partial charge in [0.1, 0.15) is 0 Å². The van der Waals surface area contributed by atoms with Gasteiger partial charge in [-0.1, -0.05) is 0 Å². The minimum atomic E-state index is -0.251. The summed E-state index contributed by atoms with van der Waals surface area (Å²) in [6.07, 6.45) is 2.31. The summed E-state index contributed by atoms with van der Waals surface area (Å²) in [5.41, 5.74) is 6.97. The van der Waals surface area contributed by atoms with Crippen LogP contribution in [0.5, 0.6) is 0 Å². The Morgan fingerprint density at radius 3 is 3.06 bits per heavy atom. The zero-order valence-electron chi connectivity index (χ0n) is 10.5. The van der Waals surface area contributed by atoms with Crippen molar-refractivity contribution < 1.29 is 4.79 Å². The van der Waals surface area contributed by atoms with Crippen molar-refractivity contribution in [1.82, 2.24) is 4.90 Å². The van der Waals surface area contributed by atoms with E-state index in [0.717, 1.165) is 25.9 Å². The van der Waals surface area contributed by atoms with Crippen LogP contribution in [0.15, 0.2) is 11.4 Å². The first kappa shape index (κ1) is 12.6. The SMILES string of the molecule is CC(C)(N)CCC(=O)N1CCc2sccc2C1. The van der Waals surface area contributed by atoms with E-state index in [0.29, 0.717) is 6.42 Å². The van der Waals surface area contributed by atoms with E-state index in [4.69, 9.17) is 5.73 Å². The summed E-state index contributed by atoms with van der Waals surface area (Å²) in [7, 11) is 0.